The first kappa shape index (κ1) is 18.1. The molecule has 1 aliphatic heterocycles. The van der Waals surface area contributed by atoms with Gasteiger partial charge in [0, 0.05) is 37.9 Å². The van der Waals surface area contributed by atoms with Crippen LogP contribution in [0.5, 0.6) is 0 Å². The van der Waals surface area contributed by atoms with Gasteiger partial charge in [-0.1, -0.05) is 54.6 Å². The van der Waals surface area contributed by atoms with Crippen LogP contribution in [0, 0.1) is 0 Å². The molecule has 0 bridgehead atoms. The maximum absolute atomic E-state index is 4.49. The Labute approximate surface area is 171 Å². The summed E-state index contributed by atoms with van der Waals surface area (Å²) in [7, 11) is 0. The van der Waals surface area contributed by atoms with Crippen molar-refractivity contribution in [1.82, 2.24) is 19.8 Å². The molecule has 1 saturated heterocycles. The van der Waals surface area contributed by atoms with E-state index in [1.165, 1.54) is 24.1 Å². The van der Waals surface area contributed by atoms with Crippen LogP contribution in [0.4, 0.5) is 0 Å². The fourth-order valence-corrected chi connectivity index (χ4v) is 4.19. The van der Waals surface area contributed by atoms with Crippen LogP contribution in [0.15, 0.2) is 85.2 Å². The molecule has 4 nitrogen and oxygen atoms in total. The third kappa shape index (κ3) is 4.09. The summed E-state index contributed by atoms with van der Waals surface area (Å²) in [4.78, 5) is 7.03. The van der Waals surface area contributed by atoms with Crippen LogP contribution in [0.25, 0.3) is 16.7 Å². The molecule has 1 atom stereocenters. The molecule has 1 unspecified atom stereocenters. The molecule has 1 N–H and O–H groups in total. The first-order valence-electron chi connectivity index (χ1n) is 10.4. The minimum absolute atomic E-state index is 0.566. The van der Waals surface area contributed by atoms with Gasteiger partial charge in [-0.3, -0.25) is 9.47 Å². The Morgan fingerprint density at radius 1 is 0.862 bits per heavy atom. The Hall–Kier alpha value is -2.95. The lowest BCUT2D eigenvalue weighted by Crippen LogP contribution is -2.31. The molecule has 0 aliphatic carbocycles. The molecule has 4 heteroatoms. The Balaban J connectivity index is 1.17. The Kier molecular flexibility index (Phi) is 5.11. The summed E-state index contributed by atoms with van der Waals surface area (Å²) in [6.07, 6.45) is 3.11. The second kappa shape index (κ2) is 8.19. The highest BCUT2D eigenvalue weighted by Gasteiger charge is 2.21. The zero-order chi connectivity index (χ0) is 19.5. The number of benzene rings is 3. The molecule has 1 aromatic heterocycles. The van der Waals surface area contributed by atoms with E-state index in [9.17, 15) is 0 Å². The van der Waals surface area contributed by atoms with E-state index in [0.717, 1.165) is 36.4 Å². The Morgan fingerprint density at radius 3 is 2.52 bits per heavy atom. The quantitative estimate of drug-likeness (QED) is 0.537. The molecule has 0 radical (unpaired) electrons. The molecule has 1 aliphatic rings. The number of rotatable bonds is 6. The Bertz CT molecular complexity index is 1070. The summed E-state index contributed by atoms with van der Waals surface area (Å²) in [5, 5.41) is 3.74. The van der Waals surface area contributed by atoms with Crippen molar-refractivity contribution in [2.75, 3.05) is 13.1 Å². The second-order valence-corrected chi connectivity index (χ2v) is 7.86. The zero-order valence-corrected chi connectivity index (χ0v) is 16.5. The predicted octanol–water partition coefficient (Wildman–Crippen LogP) is 4.39. The van der Waals surface area contributed by atoms with Crippen molar-refractivity contribution in [2.24, 2.45) is 0 Å². The maximum Gasteiger partial charge on any atom is 0.100 e. The molecular formula is C25H26N4. The third-order valence-electron chi connectivity index (χ3n) is 5.78. The van der Waals surface area contributed by atoms with Crippen LogP contribution in [0.1, 0.15) is 17.5 Å². The molecule has 4 aromatic rings. The molecule has 3 aromatic carbocycles. The van der Waals surface area contributed by atoms with Crippen molar-refractivity contribution in [3.8, 4) is 5.69 Å². The summed E-state index contributed by atoms with van der Waals surface area (Å²) in [5.41, 5.74) is 6.04. The number of nitrogens with one attached hydrogen (secondary N) is 1. The standard InChI is InChI=1S/C25H26N4/c1-2-6-21(7-3-1)17-28-15-14-22(18-28)26-16-20-10-12-23(13-11-20)29-19-27-24-8-4-5-9-25(24)29/h1-13,19,22,26H,14-18H2. The lowest BCUT2D eigenvalue weighted by molar-refractivity contribution is 0.320. The fraction of sp³-hybridized carbons (Fsp3) is 0.240. The van der Waals surface area contributed by atoms with Gasteiger partial charge in [-0.05, 0) is 41.8 Å². The monoisotopic (exact) mass is 382 g/mol. The number of hydrogen-bond acceptors (Lipinski definition) is 3. The molecule has 29 heavy (non-hydrogen) atoms. The zero-order valence-electron chi connectivity index (χ0n) is 16.5. The molecule has 2 heterocycles. The summed E-state index contributed by atoms with van der Waals surface area (Å²) in [5.74, 6) is 0. The lowest BCUT2D eigenvalue weighted by atomic mass is 10.1. The van der Waals surface area contributed by atoms with E-state index in [0.29, 0.717) is 6.04 Å². The van der Waals surface area contributed by atoms with Crippen molar-refractivity contribution in [1.29, 1.82) is 0 Å². The largest absolute Gasteiger partial charge is 0.309 e. The van der Waals surface area contributed by atoms with Crippen LogP contribution >= 0.6 is 0 Å². The summed E-state index contributed by atoms with van der Waals surface area (Å²) in [6.45, 7) is 4.24. The van der Waals surface area contributed by atoms with Gasteiger partial charge in [0.1, 0.15) is 6.33 Å². The van der Waals surface area contributed by atoms with Gasteiger partial charge in [-0.25, -0.2) is 4.98 Å². The first-order valence-corrected chi connectivity index (χ1v) is 10.4. The number of imidazole rings is 1. The summed E-state index contributed by atoms with van der Waals surface area (Å²) < 4.78 is 2.14. The molecule has 0 saturated carbocycles. The van der Waals surface area contributed by atoms with Crippen molar-refractivity contribution < 1.29 is 0 Å². The SMILES string of the molecule is c1ccc(CN2CCC(NCc3ccc(-n4cnc5ccccc54)cc3)C2)cc1. The topological polar surface area (TPSA) is 33.1 Å². The van der Waals surface area contributed by atoms with Crippen molar-refractivity contribution in [2.45, 2.75) is 25.6 Å². The maximum atomic E-state index is 4.49. The Morgan fingerprint density at radius 2 is 1.66 bits per heavy atom. The molecule has 0 spiro atoms. The van der Waals surface area contributed by atoms with Crippen molar-refractivity contribution in [3.63, 3.8) is 0 Å². The van der Waals surface area contributed by atoms with E-state index >= 15 is 0 Å². The van der Waals surface area contributed by atoms with Crippen LogP contribution in [-0.4, -0.2) is 33.6 Å². The number of likely N-dealkylation sites (tertiary alicyclic amines) is 1. The van der Waals surface area contributed by atoms with Gasteiger partial charge in [0.2, 0.25) is 0 Å². The van der Waals surface area contributed by atoms with Crippen LogP contribution in [0.2, 0.25) is 0 Å². The van der Waals surface area contributed by atoms with Gasteiger partial charge in [-0.15, -0.1) is 0 Å². The van der Waals surface area contributed by atoms with Crippen LogP contribution in [-0.2, 0) is 13.1 Å². The molecule has 0 amide bonds. The smallest absolute Gasteiger partial charge is 0.100 e. The highest BCUT2D eigenvalue weighted by atomic mass is 15.2. The van der Waals surface area contributed by atoms with E-state index < -0.39 is 0 Å². The van der Waals surface area contributed by atoms with Gasteiger partial charge in [0.15, 0.2) is 0 Å². The van der Waals surface area contributed by atoms with Gasteiger partial charge in [0.25, 0.3) is 0 Å². The molecular weight excluding hydrogens is 356 g/mol. The fourth-order valence-electron chi connectivity index (χ4n) is 4.19. The molecule has 1 fully saturated rings. The minimum Gasteiger partial charge on any atom is -0.309 e. The normalized spacial score (nSPS) is 17.2. The van der Waals surface area contributed by atoms with E-state index in [-0.39, 0.29) is 0 Å². The van der Waals surface area contributed by atoms with Crippen LogP contribution in [0.3, 0.4) is 0 Å². The second-order valence-electron chi connectivity index (χ2n) is 7.86. The highest BCUT2D eigenvalue weighted by molar-refractivity contribution is 5.77. The van der Waals surface area contributed by atoms with Crippen molar-refractivity contribution >= 4 is 11.0 Å². The van der Waals surface area contributed by atoms with Crippen molar-refractivity contribution in [3.05, 3.63) is 96.3 Å². The number of nitrogens with zero attached hydrogens (tertiary/aromatic N) is 3. The van der Waals surface area contributed by atoms with E-state index in [1.807, 2.05) is 18.5 Å². The highest BCUT2D eigenvalue weighted by Crippen LogP contribution is 2.19. The van der Waals surface area contributed by atoms with E-state index in [4.69, 9.17) is 0 Å². The lowest BCUT2D eigenvalue weighted by Gasteiger charge is -2.17. The molecule has 146 valence electrons. The van der Waals surface area contributed by atoms with Gasteiger partial charge in [-0.2, -0.15) is 0 Å². The number of fused-ring (bicyclic) bond motifs is 1. The average Bonchev–Trinajstić information content (AvgIpc) is 3.40. The van der Waals surface area contributed by atoms with Gasteiger partial charge in [0.05, 0.1) is 11.0 Å². The number of para-hydroxylation sites is 2. The third-order valence-corrected chi connectivity index (χ3v) is 5.78. The average molecular weight is 383 g/mol. The number of hydrogen-bond donors (Lipinski definition) is 1. The summed E-state index contributed by atoms with van der Waals surface area (Å²) >= 11 is 0. The summed E-state index contributed by atoms with van der Waals surface area (Å²) in [6, 6.07) is 28.4. The molecule has 5 rings (SSSR count). The minimum atomic E-state index is 0.566. The van der Waals surface area contributed by atoms with Crippen LogP contribution < -0.4 is 5.32 Å². The number of aromatic nitrogens is 2. The van der Waals surface area contributed by atoms with Gasteiger partial charge >= 0.3 is 0 Å². The first-order chi connectivity index (χ1) is 14.3. The predicted molar refractivity (Wildman–Crippen MR) is 118 cm³/mol. The van der Waals surface area contributed by atoms with Gasteiger partial charge < -0.3 is 5.32 Å². The van der Waals surface area contributed by atoms with E-state index in [2.05, 4.69) is 86.5 Å². The van der Waals surface area contributed by atoms with E-state index in [1.54, 1.807) is 0 Å².